The molecule has 0 aliphatic rings. The highest BCUT2D eigenvalue weighted by Crippen LogP contribution is 2.37. The van der Waals surface area contributed by atoms with E-state index in [9.17, 15) is 31.1 Å². The summed E-state index contributed by atoms with van der Waals surface area (Å²) in [5.41, 5.74) is -2.76. The van der Waals surface area contributed by atoms with E-state index in [1.165, 1.54) is 24.3 Å². The highest BCUT2D eigenvalue weighted by Gasteiger charge is 2.37. The van der Waals surface area contributed by atoms with Crippen molar-refractivity contribution >= 4 is 17.4 Å². The van der Waals surface area contributed by atoms with Crippen LogP contribution in [0.2, 0.25) is 0 Å². The van der Waals surface area contributed by atoms with Crippen LogP contribution in [0.3, 0.4) is 0 Å². The Morgan fingerprint density at radius 3 is 1.95 bits per heavy atom. The van der Waals surface area contributed by atoms with Crippen LogP contribution in [0.4, 0.5) is 42.5 Å². The quantitative estimate of drug-likeness (QED) is 0.294. The molecule has 37 heavy (non-hydrogen) atoms. The van der Waals surface area contributed by atoms with Gasteiger partial charge >= 0.3 is 18.4 Å². The normalized spacial score (nSPS) is 11.8. The molecule has 4 aromatic rings. The van der Waals surface area contributed by atoms with Crippen molar-refractivity contribution in [2.45, 2.75) is 19.3 Å². The van der Waals surface area contributed by atoms with Crippen LogP contribution in [-0.2, 0) is 12.4 Å². The highest BCUT2D eigenvalue weighted by molar-refractivity contribution is 5.99. The predicted molar refractivity (Wildman–Crippen MR) is 119 cm³/mol. The summed E-state index contributed by atoms with van der Waals surface area (Å²) in [6.07, 6.45) is -8.34. The minimum Gasteiger partial charge on any atom is -0.438 e. The van der Waals surface area contributed by atoms with E-state index >= 15 is 0 Å². The van der Waals surface area contributed by atoms with Crippen LogP contribution >= 0.6 is 0 Å². The monoisotopic (exact) mass is 522 g/mol. The molecule has 8 nitrogen and oxygen atoms in total. The van der Waals surface area contributed by atoms with Crippen LogP contribution in [0.25, 0.3) is 5.82 Å². The number of nitrogens with one attached hydrogen (secondary N) is 2. The van der Waals surface area contributed by atoms with Crippen molar-refractivity contribution < 1.29 is 35.9 Å². The van der Waals surface area contributed by atoms with E-state index < -0.39 is 35.2 Å². The second kappa shape index (κ2) is 9.79. The summed E-state index contributed by atoms with van der Waals surface area (Å²) in [5, 5.41) is 16.5. The Kier molecular flexibility index (Phi) is 6.74. The first-order valence-corrected chi connectivity index (χ1v) is 10.4. The molecule has 0 radical (unpaired) electrons. The molecule has 14 heteroatoms. The molecule has 2 N–H and O–H groups in total. The summed E-state index contributed by atoms with van der Waals surface area (Å²) in [6.45, 7) is 1.83. The average Bonchev–Trinajstić information content (AvgIpc) is 3.26. The Hall–Kier alpha value is -4.62. The topological polar surface area (TPSA) is 94.0 Å². The van der Waals surface area contributed by atoms with Gasteiger partial charge in [0.2, 0.25) is 5.88 Å². The number of nitrogens with zero attached hydrogens (tertiary/aromatic N) is 4. The van der Waals surface area contributed by atoms with Crippen molar-refractivity contribution in [2.24, 2.45) is 0 Å². The SMILES string of the molecule is Cc1ccn(-c2ccc(Oc3ccc(NC(=O)Nc4cc(C(F)(F)F)cc(C(F)(F)F)c4)cc3)nn2)n1. The Bertz CT molecular complexity index is 1370. The van der Waals surface area contributed by atoms with E-state index in [1.54, 1.807) is 29.1 Å². The summed E-state index contributed by atoms with van der Waals surface area (Å²) in [5.74, 6) is 0.987. The van der Waals surface area contributed by atoms with Crippen molar-refractivity contribution in [3.8, 4) is 17.4 Å². The molecule has 0 bridgehead atoms. The Balaban J connectivity index is 1.39. The van der Waals surface area contributed by atoms with Crippen molar-refractivity contribution in [2.75, 3.05) is 10.6 Å². The van der Waals surface area contributed by atoms with E-state index in [0.717, 1.165) is 5.69 Å². The van der Waals surface area contributed by atoms with Crippen LogP contribution in [0.5, 0.6) is 11.6 Å². The van der Waals surface area contributed by atoms with E-state index in [0.29, 0.717) is 23.7 Å². The maximum absolute atomic E-state index is 13.0. The van der Waals surface area contributed by atoms with Crippen molar-refractivity contribution in [1.82, 2.24) is 20.0 Å². The fourth-order valence-corrected chi connectivity index (χ4v) is 3.08. The van der Waals surface area contributed by atoms with Crippen LogP contribution in [0.15, 0.2) is 66.9 Å². The standard InChI is InChI=1S/C23H16F6N6O2/c1-13-8-9-35(34-13)19-6-7-20(33-32-19)37-18-4-2-16(3-5-18)30-21(36)31-17-11-14(22(24,25)26)10-15(12-17)23(27,28)29/h2-12H,1H3,(H2,30,31,36). The van der Waals surface area contributed by atoms with Crippen LogP contribution < -0.4 is 15.4 Å². The zero-order chi connectivity index (χ0) is 26.8. The second-order valence-corrected chi connectivity index (χ2v) is 7.63. The molecular weight excluding hydrogens is 506 g/mol. The lowest BCUT2D eigenvalue weighted by molar-refractivity contribution is -0.143. The summed E-state index contributed by atoms with van der Waals surface area (Å²) in [6, 6.07) is 10.5. The average molecular weight is 522 g/mol. The lowest BCUT2D eigenvalue weighted by Crippen LogP contribution is -2.20. The molecule has 0 spiro atoms. The summed E-state index contributed by atoms with van der Waals surface area (Å²) < 4.78 is 85.1. The van der Waals surface area contributed by atoms with E-state index in [-0.39, 0.29) is 17.6 Å². The lowest BCUT2D eigenvalue weighted by Gasteiger charge is -2.15. The van der Waals surface area contributed by atoms with E-state index in [1.807, 2.05) is 12.2 Å². The number of aryl methyl sites for hydroxylation is 1. The molecule has 0 saturated carbocycles. The number of urea groups is 1. The predicted octanol–water partition coefficient (Wildman–Crippen LogP) is 6.44. The molecule has 2 heterocycles. The number of hydrogen-bond acceptors (Lipinski definition) is 5. The highest BCUT2D eigenvalue weighted by atomic mass is 19.4. The van der Waals surface area contributed by atoms with Crippen LogP contribution in [0, 0.1) is 6.92 Å². The Morgan fingerprint density at radius 1 is 0.811 bits per heavy atom. The summed E-state index contributed by atoms with van der Waals surface area (Å²) >= 11 is 0. The first-order valence-electron chi connectivity index (χ1n) is 10.4. The molecule has 4 rings (SSSR count). The van der Waals surface area contributed by atoms with Gasteiger partial charge in [-0.05, 0) is 61.5 Å². The number of carbonyl (C=O) groups excluding carboxylic acids is 1. The number of ether oxygens (including phenoxy) is 1. The van der Waals surface area contributed by atoms with Gasteiger partial charge in [0.1, 0.15) is 5.75 Å². The molecule has 2 aromatic carbocycles. The van der Waals surface area contributed by atoms with Crippen LogP contribution in [-0.4, -0.2) is 26.0 Å². The van der Waals surface area contributed by atoms with Crippen LogP contribution in [0.1, 0.15) is 16.8 Å². The van der Waals surface area contributed by atoms with E-state index in [4.69, 9.17) is 4.74 Å². The number of aromatic nitrogens is 4. The van der Waals surface area contributed by atoms with Gasteiger partial charge in [0.25, 0.3) is 0 Å². The maximum Gasteiger partial charge on any atom is 0.416 e. The smallest absolute Gasteiger partial charge is 0.416 e. The van der Waals surface area contributed by atoms with Crippen molar-refractivity contribution in [1.29, 1.82) is 0 Å². The van der Waals surface area contributed by atoms with Gasteiger partial charge in [-0.1, -0.05) is 0 Å². The third-order valence-corrected chi connectivity index (χ3v) is 4.76. The Labute approximate surface area is 204 Å². The van der Waals surface area contributed by atoms with Crippen molar-refractivity contribution in [3.05, 3.63) is 83.7 Å². The molecule has 0 atom stereocenters. The maximum atomic E-state index is 13.0. The van der Waals surface area contributed by atoms with Gasteiger partial charge in [-0.15, -0.1) is 10.2 Å². The number of benzene rings is 2. The van der Waals surface area contributed by atoms with Crippen molar-refractivity contribution in [3.63, 3.8) is 0 Å². The first-order chi connectivity index (χ1) is 17.4. The number of anilines is 2. The van der Waals surface area contributed by atoms with Gasteiger partial charge in [-0.2, -0.15) is 31.4 Å². The summed E-state index contributed by atoms with van der Waals surface area (Å²) in [7, 11) is 0. The first kappa shape index (κ1) is 25.5. The van der Waals surface area contributed by atoms with Gasteiger partial charge in [-0.25, -0.2) is 9.48 Å². The summed E-state index contributed by atoms with van der Waals surface area (Å²) in [4.78, 5) is 12.2. The number of halogens is 6. The van der Waals surface area contributed by atoms with E-state index in [2.05, 4.69) is 20.6 Å². The van der Waals surface area contributed by atoms with Gasteiger partial charge in [-0.3, -0.25) is 0 Å². The molecule has 192 valence electrons. The third-order valence-electron chi connectivity index (χ3n) is 4.76. The molecule has 0 aliphatic heterocycles. The largest absolute Gasteiger partial charge is 0.438 e. The molecule has 0 saturated heterocycles. The zero-order valence-electron chi connectivity index (χ0n) is 18.7. The number of alkyl halides is 6. The van der Waals surface area contributed by atoms with Gasteiger partial charge in [0.15, 0.2) is 5.82 Å². The third kappa shape index (κ3) is 6.54. The zero-order valence-corrected chi connectivity index (χ0v) is 18.7. The molecule has 0 aliphatic carbocycles. The van der Waals surface area contributed by atoms with Gasteiger partial charge in [0, 0.05) is 23.6 Å². The lowest BCUT2D eigenvalue weighted by atomic mass is 10.1. The molecule has 0 fully saturated rings. The number of amides is 2. The van der Waals surface area contributed by atoms with Gasteiger partial charge < -0.3 is 15.4 Å². The second-order valence-electron chi connectivity index (χ2n) is 7.63. The minimum atomic E-state index is -5.03. The molecule has 2 aromatic heterocycles. The minimum absolute atomic E-state index is 0.0297. The van der Waals surface area contributed by atoms with Gasteiger partial charge in [0.05, 0.1) is 16.8 Å². The Morgan fingerprint density at radius 2 is 1.43 bits per heavy atom. The molecular formula is C23H16F6N6O2. The number of rotatable bonds is 5. The number of carbonyl (C=O) groups is 1. The fraction of sp³-hybridized carbons (Fsp3) is 0.130. The fourth-order valence-electron chi connectivity index (χ4n) is 3.08. The number of hydrogen-bond donors (Lipinski definition) is 2. The molecule has 2 amide bonds. The molecule has 0 unspecified atom stereocenters.